The van der Waals surface area contributed by atoms with Gasteiger partial charge in [0, 0.05) is 12.8 Å². The molecule has 0 aliphatic rings. The minimum Gasteiger partial charge on any atom is -0.297 e. The molecule has 0 N–H and O–H groups in total. The lowest BCUT2D eigenvalue weighted by atomic mass is 9.99. The molecule has 0 aromatic heterocycles. The van der Waals surface area contributed by atoms with Gasteiger partial charge in [0.05, 0.1) is 0 Å². The van der Waals surface area contributed by atoms with Crippen LogP contribution in [0.5, 0.6) is 0 Å². The maximum atomic E-state index is 4.15. The molecular weight excluding hydrogens is 110 g/mol. The minimum atomic E-state index is 0.718. The van der Waals surface area contributed by atoms with E-state index in [-0.39, 0.29) is 0 Å². The minimum absolute atomic E-state index is 0.718. The van der Waals surface area contributed by atoms with Crippen LogP contribution in [0.25, 0.3) is 0 Å². The summed E-state index contributed by atoms with van der Waals surface area (Å²) in [6, 6.07) is 0. The van der Waals surface area contributed by atoms with Crippen LogP contribution in [0.15, 0.2) is 4.99 Å². The van der Waals surface area contributed by atoms with E-state index in [0.717, 1.165) is 5.92 Å². The van der Waals surface area contributed by atoms with Crippen molar-refractivity contribution in [3.05, 3.63) is 0 Å². The van der Waals surface area contributed by atoms with Crippen LogP contribution in [0.4, 0.5) is 0 Å². The van der Waals surface area contributed by atoms with E-state index >= 15 is 0 Å². The van der Waals surface area contributed by atoms with E-state index in [1.807, 2.05) is 7.05 Å². The second-order valence-corrected chi connectivity index (χ2v) is 2.38. The number of hydrogen-bond donors (Lipinski definition) is 0. The quantitative estimate of drug-likeness (QED) is 0.516. The Hall–Kier alpha value is -0.330. The number of rotatable bonds is 3. The molecule has 0 spiro atoms. The molecule has 0 heterocycles. The Bertz CT molecular complexity index is 90.7. The van der Waals surface area contributed by atoms with Crippen molar-refractivity contribution in [1.82, 2.24) is 0 Å². The molecule has 0 unspecified atom stereocenters. The van der Waals surface area contributed by atoms with Crippen molar-refractivity contribution in [2.24, 2.45) is 10.9 Å². The van der Waals surface area contributed by atoms with Gasteiger partial charge in [-0.15, -0.1) is 0 Å². The van der Waals surface area contributed by atoms with Gasteiger partial charge in [-0.1, -0.05) is 13.8 Å². The molecule has 1 heteroatoms. The van der Waals surface area contributed by atoms with Crippen LogP contribution in [0.3, 0.4) is 0 Å². The molecule has 0 aliphatic carbocycles. The molecular formula is C8H17N. The molecule has 0 radical (unpaired) electrons. The van der Waals surface area contributed by atoms with Crippen molar-refractivity contribution in [1.29, 1.82) is 0 Å². The van der Waals surface area contributed by atoms with E-state index in [4.69, 9.17) is 0 Å². The van der Waals surface area contributed by atoms with E-state index < -0.39 is 0 Å². The number of aliphatic imine (C=N–C) groups is 1. The molecule has 0 atom stereocenters. The Morgan fingerprint density at radius 2 is 1.78 bits per heavy atom. The second kappa shape index (κ2) is 4.54. The van der Waals surface area contributed by atoms with Gasteiger partial charge in [0.2, 0.25) is 0 Å². The van der Waals surface area contributed by atoms with E-state index in [0.29, 0.717) is 0 Å². The fraction of sp³-hybridized carbons (Fsp3) is 0.875. The molecule has 0 aromatic rings. The Morgan fingerprint density at radius 3 is 1.89 bits per heavy atom. The average Bonchev–Trinajstić information content (AvgIpc) is 1.90. The van der Waals surface area contributed by atoms with Crippen molar-refractivity contribution in [3.8, 4) is 0 Å². The largest absolute Gasteiger partial charge is 0.297 e. The fourth-order valence-electron chi connectivity index (χ4n) is 1.06. The first-order valence-electron chi connectivity index (χ1n) is 3.69. The Morgan fingerprint density at radius 1 is 1.33 bits per heavy atom. The Kier molecular flexibility index (Phi) is 4.37. The van der Waals surface area contributed by atoms with Crippen molar-refractivity contribution in [2.75, 3.05) is 7.05 Å². The number of hydrogen-bond acceptors (Lipinski definition) is 1. The van der Waals surface area contributed by atoms with Gasteiger partial charge in [0.1, 0.15) is 0 Å². The van der Waals surface area contributed by atoms with Crippen molar-refractivity contribution in [3.63, 3.8) is 0 Å². The lowest BCUT2D eigenvalue weighted by Crippen LogP contribution is -2.07. The standard InChI is InChI=1S/C8H17N/c1-5-8(6-2)7(3)9-4/h8H,5-6H2,1-4H3. The highest BCUT2D eigenvalue weighted by Gasteiger charge is 2.04. The van der Waals surface area contributed by atoms with Crippen LogP contribution in [0.2, 0.25) is 0 Å². The molecule has 54 valence electrons. The third-order valence-electron chi connectivity index (χ3n) is 1.93. The summed E-state index contributed by atoms with van der Waals surface area (Å²) in [7, 11) is 1.87. The van der Waals surface area contributed by atoms with Crippen LogP contribution in [-0.2, 0) is 0 Å². The van der Waals surface area contributed by atoms with Gasteiger partial charge in [-0.05, 0) is 25.7 Å². The van der Waals surface area contributed by atoms with Crippen LogP contribution < -0.4 is 0 Å². The first kappa shape index (κ1) is 8.67. The van der Waals surface area contributed by atoms with Crippen LogP contribution >= 0.6 is 0 Å². The second-order valence-electron chi connectivity index (χ2n) is 2.38. The van der Waals surface area contributed by atoms with E-state index in [2.05, 4.69) is 25.8 Å². The normalized spacial score (nSPS) is 12.8. The summed E-state index contributed by atoms with van der Waals surface area (Å²) in [5.41, 5.74) is 1.29. The van der Waals surface area contributed by atoms with Crippen molar-refractivity contribution >= 4 is 5.71 Å². The van der Waals surface area contributed by atoms with Gasteiger partial charge >= 0.3 is 0 Å². The summed E-state index contributed by atoms with van der Waals surface area (Å²) < 4.78 is 0. The van der Waals surface area contributed by atoms with Gasteiger partial charge in [-0.2, -0.15) is 0 Å². The van der Waals surface area contributed by atoms with Gasteiger partial charge in [-0.25, -0.2) is 0 Å². The van der Waals surface area contributed by atoms with E-state index in [1.165, 1.54) is 18.6 Å². The molecule has 0 aliphatic heterocycles. The fourth-order valence-corrected chi connectivity index (χ4v) is 1.06. The summed E-state index contributed by atoms with van der Waals surface area (Å²) in [5, 5.41) is 0. The molecule has 0 rings (SSSR count). The highest BCUT2D eigenvalue weighted by molar-refractivity contribution is 5.84. The summed E-state index contributed by atoms with van der Waals surface area (Å²) in [4.78, 5) is 4.15. The molecule has 0 bridgehead atoms. The molecule has 0 aromatic carbocycles. The maximum absolute atomic E-state index is 4.15. The number of nitrogens with zero attached hydrogens (tertiary/aromatic N) is 1. The van der Waals surface area contributed by atoms with E-state index in [9.17, 15) is 0 Å². The van der Waals surface area contributed by atoms with Gasteiger partial charge < -0.3 is 0 Å². The molecule has 9 heavy (non-hydrogen) atoms. The topological polar surface area (TPSA) is 12.4 Å². The maximum Gasteiger partial charge on any atom is 0.0276 e. The smallest absolute Gasteiger partial charge is 0.0276 e. The predicted molar refractivity (Wildman–Crippen MR) is 43.1 cm³/mol. The molecule has 0 amide bonds. The molecule has 1 nitrogen and oxygen atoms in total. The zero-order chi connectivity index (χ0) is 7.28. The van der Waals surface area contributed by atoms with Gasteiger partial charge in [0.15, 0.2) is 0 Å². The van der Waals surface area contributed by atoms with Gasteiger partial charge in [-0.3, -0.25) is 4.99 Å². The average molecular weight is 127 g/mol. The SMILES string of the molecule is CCC(CC)C(C)=NC. The van der Waals surface area contributed by atoms with Gasteiger partial charge in [0.25, 0.3) is 0 Å². The summed E-state index contributed by atoms with van der Waals surface area (Å²) in [5.74, 6) is 0.718. The van der Waals surface area contributed by atoms with Crippen molar-refractivity contribution in [2.45, 2.75) is 33.6 Å². The van der Waals surface area contributed by atoms with Crippen LogP contribution in [0.1, 0.15) is 33.6 Å². The first-order valence-corrected chi connectivity index (χ1v) is 3.69. The highest BCUT2D eigenvalue weighted by Crippen LogP contribution is 2.08. The monoisotopic (exact) mass is 127 g/mol. The summed E-state index contributed by atoms with van der Waals surface area (Å²) in [6.07, 6.45) is 2.44. The Labute approximate surface area is 58.2 Å². The Balaban J connectivity index is 3.79. The highest BCUT2D eigenvalue weighted by atomic mass is 14.7. The van der Waals surface area contributed by atoms with E-state index in [1.54, 1.807) is 0 Å². The third-order valence-corrected chi connectivity index (χ3v) is 1.93. The van der Waals surface area contributed by atoms with Crippen LogP contribution in [-0.4, -0.2) is 12.8 Å². The lowest BCUT2D eigenvalue weighted by Gasteiger charge is -2.09. The first-order chi connectivity index (χ1) is 4.26. The summed E-state index contributed by atoms with van der Waals surface area (Å²) >= 11 is 0. The molecule has 0 saturated carbocycles. The van der Waals surface area contributed by atoms with Crippen molar-refractivity contribution < 1.29 is 0 Å². The predicted octanol–water partition coefficient (Wildman–Crippen LogP) is 2.51. The zero-order valence-corrected chi connectivity index (χ0v) is 6.94. The summed E-state index contributed by atoms with van der Waals surface area (Å²) in [6.45, 7) is 6.53. The molecule has 0 fully saturated rings. The zero-order valence-electron chi connectivity index (χ0n) is 6.94. The lowest BCUT2D eigenvalue weighted by molar-refractivity contribution is 0.639. The van der Waals surface area contributed by atoms with Crippen LogP contribution in [0, 0.1) is 5.92 Å². The molecule has 0 saturated heterocycles. The third kappa shape index (κ3) is 2.64.